The Morgan fingerprint density at radius 1 is 1.07 bits per heavy atom. The van der Waals surface area contributed by atoms with Gasteiger partial charge in [-0.2, -0.15) is 0 Å². The maximum Gasteiger partial charge on any atom is 0.343 e. The Hall–Kier alpha value is -3.97. The SMILES string of the molecule is O=C(Oc1ccc2c(c1)OC(=Cc1cccc(Cl)c1)C2=O)c1ccc([N+](=O)[O-])cc1. The van der Waals surface area contributed by atoms with Crippen LogP contribution in [0.15, 0.2) is 72.5 Å². The number of nitro groups is 1. The molecule has 30 heavy (non-hydrogen) atoms. The number of ketones is 1. The molecule has 0 atom stereocenters. The summed E-state index contributed by atoms with van der Waals surface area (Å²) in [4.78, 5) is 35.0. The summed E-state index contributed by atoms with van der Waals surface area (Å²) >= 11 is 5.96. The van der Waals surface area contributed by atoms with Gasteiger partial charge in [-0.05, 0) is 48.0 Å². The van der Waals surface area contributed by atoms with Crippen LogP contribution in [0.5, 0.6) is 11.5 Å². The molecule has 0 amide bonds. The molecule has 1 heterocycles. The summed E-state index contributed by atoms with van der Waals surface area (Å²) in [7, 11) is 0. The van der Waals surface area contributed by atoms with Crippen molar-refractivity contribution in [1.82, 2.24) is 0 Å². The third kappa shape index (κ3) is 3.92. The van der Waals surface area contributed by atoms with Crippen molar-refractivity contribution in [3.63, 3.8) is 0 Å². The summed E-state index contributed by atoms with van der Waals surface area (Å²) in [6.07, 6.45) is 1.58. The fourth-order valence-electron chi connectivity index (χ4n) is 2.86. The van der Waals surface area contributed by atoms with Gasteiger partial charge in [-0.3, -0.25) is 14.9 Å². The lowest BCUT2D eigenvalue weighted by Crippen LogP contribution is -2.08. The molecule has 0 unspecified atom stereocenters. The van der Waals surface area contributed by atoms with Gasteiger partial charge in [0, 0.05) is 23.2 Å². The molecule has 1 aliphatic rings. The van der Waals surface area contributed by atoms with Crippen molar-refractivity contribution >= 4 is 35.1 Å². The number of allylic oxidation sites excluding steroid dienone is 1. The van der Waals surface area contributed by atoms with Gasteiger partial charge in [-0.15, -0.1) is 0 Å². The summed E-state index contributed by atoms with van der Waals surface area (Å²) in [5.41, 5.74) is 1.08. The van der Waals surface area contributed by atoms with Gasteiger partial charge in [0.2, 0.25) is 5.78 Å². The Bertz CT molecular complexity index is 1220. The van der Waals surface area contributed by atoms with E-state index in [1.165, 1.54) is 42.5 Å². The van der Waals surface area contributed by atoms with E-state index in [0.717, 1.165) is 0 Å². The number of nitrogens with zero attached hydrogens (tertiary/aromatic N) is 1. The Kier molecular flexibility index (Phi) is 5.04. The van der Waals surface area contributed by atoms with Crippen LogP contribution in [0, 0.1) is 10.1 Å². The highest BCUT2D eigenvalue weighted by molar-refractivity contribution is 6.30. The Morgan fingerprint density at radius 2 is 1.83 bits per heavy atom. The first-order valence-electron chi connectivity index (χ1n) is 8.71. The first-order chi connectivity index (χ1) is 14.4. The maximum absolute atomic E-state index is 12.5. The number of fused-ring (bicyclic) bond motifs is 1. The van der Waals surface area contributed by atoms with Gasteiger partial charge in [-0.1, -0.05) is 23.7 Å². The number of carbonyl (C=O) groups excluding carboxylic acids is 2. The number of benzene rings is 3. The molecule has 7 nitrogen and oxygen atoms in total. The Morgan fingerprint density at radius 3 is 2.53 bits per heavy atom. The lowest BCUT2D eigenvalue weighted by atomic mass is 10.1. The minimum Gasteiger partial charge on any atom is -0.452 e. The van der Waals surface area contributed by atoms with E-state index in [1.54, 1.807) is 30.3 Å². The number of Topliss-reactive ketones (excluding diaryl/α,β-unsaturated/α-hetero) is 1. The molecule has 0 spiro atoms. The quantitative estimate of drug-likeness (QED) is 0.191. The minimum atomic E-state index is -0.691. The van der Waals surface area contributed by atoms with Crippen LogP contribution in [0.3, 0.4) is 0 Å². The molecule has 4 rings (SSSR count). The van der Waals surface area contributed by atoms with E-state index in [9.17, 15) is 19.7 Å². The van der Waals surface area contributed by atoms with Crippen molar-refractivity contribution in [3.05, 3.63) is 104 Å². The number of hydrogen-bond donors (Lipinski definition) is 0. The molecule has 0 fully saturated rings. The van der Waals surface area contributed by atoms with Crippen molar-refractivity contribution in [2.75, 3.05) is 0 Å². The van der Waals surface area contributed by atoms with Crippen molar-refractivity contribution in [1.29, 1.82) is 0 Å². The van der Waals surface area contributed by atoms with E-state index in [4.69, 9.17) is 21.1 Å². The molecule has 1 aliphatic heterocycles. The molecule has 0 saturated heterocycles. The average molecular weight is 422 g/mol. The van der Waals surface area contributed by atoms with Crippen molar-refractivity contribution in [2.45, 2.75) is 0 Å². The number of ether oxygens (including phenoxy) is 2. The highest BCUT2D eigenvalue weighted by atomic mass is 35.5. The highest BCUT2D eigenvalue weighted by Crippen LogP contribution is 2.35. The molecular formula is C22H12ClNO6. The number of nitro benzene ring substituents is 1. The first-order valence-corrected chi connectivity index (χ1v) is 9.09. The lowest BCUT2D eigenvalue weighted by molar-refractivity contribution is -0.384. The molecule has 0 N–H and O–H groups in total. The number of esters is 1. The van der Waals surface area contributed by atoms with Crippen LogP contribution < -0.4 is 9.47 Å². The first kappa shape index (κ1) is 19.4. The van der Waals surface area contributed by atoms with Crippen molar-refractivity contribution in [3.8, 4) is 11.5 Å². The van der Waals surface area contributed by atoms with Gasteiger partial charge in [0.1, 0.15) is 11.5 Å². The molecule has 3 aromatic rings. The summed E-state index contributed by atoms with van der Waals surface area (Å²) in [5, 5.41) is 11.2. The number of halogens is 1. The normalized spacial score (nSPS) is 13.6. The zero-order valence-electron chi connectivity index (χ0n) is 15.2. The van der Waals surface area contributed by atoms with Crippen LogP contribution >= 0.6 is 11.6 Å². The third-order valence-corrected chi connectivity index (χ3v) is 4.55. The monoisotopic (exact) mass is 421 g/mol. The highest BCUT2D eigenvalue weighted by Gasteiger charge is 2.28. The van der Waals surface area contributed by atoms with Crippen LogP contribution in [0.1, 0.15) is 26.3 Å². The molecule has 0 radical (unpaired) electrons. The standard InChI is InChI=1S/C22H12ClNO6/c23-15-3-1-2-13(10-15)11-20-21(25)18-9-8-17(12-19(18)30-20)29-22(26)14-4-6-16(7-5-14)24(27)28/h1-12H. The van der Waals surface area contributed by atoms with Crippen LogP contribution in [0.2, 0.25) is 5.02 Å². The number of rotatable bonds is 4. The predicted octanol–water partition coefficient (Wildman–Crippen LogP) is 5.08. The minimum absolute atomic E-state index is 0.130. The number of non-ortho nitro benzene ring substituents is 1. The average Bonchev–Trinajstić information content (AvgIpc) is 3.03. The van der Waals surface area contributed by atoms with E-state index >= 15 is 0 Å². The largest absolute Gasteiger partial charge is 0.452 e. The zero-order chi connectivity index (χ0) is 21.3. The van der Waals surface area contributed by atoms with E-state index in [0.29, 0.717) is 16.1 Å². The van der Waals surface area contributed by atoms with E-state index in [1.807, 2.05) is 0 Å². The predicted molar refractivity (Wildman–Crippen MR) is 109 cm³/mol. The van der Waals surface area contributed by atoms with Gasteiger partial charge in [0.25, 0.3) is 5.69 Å². The van der Waals surface area contributed by atoms with Gasteiger partial charge in [0.15, 0.2) is 5.76 Å². The van der Waals surface area contributed by atoms with Crippen LogP contribution in [-0.4, -0.2) is 16.7 Å². The van der Waals surface area contributed by atoms with Crippen molar-refractivity contribution < 1.29 is 24.0 Å². The van der Waals surface area contributed by atoms with Gasteiger partial charge in [0.05, 0.1) is 16.1 Å². The number of carbonyl (C=O) groups is 2. The Labute approximate surface area is 175 Å². The third-order valence-electron chi connectivity index (χ3n) is 4.31. The molecule has 0 saturated carbocycles. The molecule has 0 bridgehead atoms. The second-order valence-corrected chi connectivity index (χ2v) is 6.78. The molecule has 3 aromatic carbocycles. The van der Waals surface area contributed by atoms with Gasteiger partial charge in [-0.25, -0.2) is 4.79 Å². The molecule has 8 heteroatoms. The smallest absolute Gasteiger partial charge is 0.343 e. The summed E-state index contributed by atoms with van der Waals surface area (Å²) < 4.78 is 10.9. The lowest BCUT2D eigenvalue weighted by Gasteiger charge is -2.05. The maximum atomic E-state index is 12.5. The van der Waals surface area contributed by atoms with Crippen LogP contribution in [0.4, 0.5) is 5.69 Å². The second kappa shape index (κ2) is 7.81. The topological polar surface area (TPSA) is 95.7 Å². The molecule has 0 aromatic heterocycles. The van der Waals surface area contributed by atoms with Crippen LogP contribution in [0.25, 0.3) is 6.08 Å². The van der Waals surface area contributed by atoms with E-state index < -0.39 is 10.9 Å². The zero-order valence-corrected chi connectivity index (χ0v) is 16.0. The summed E-state index contributed by atoms with van der Waals surface area (Å²) in [6.45, 7) is 0. The summed E-state index contributed by atoms with van der Waals surface area (Å²) in [6, 6.07) is 16.4. The van der Waals surface area contributed by atoms with Crippen LogP contribution in [-0.2, 0) is 0 Å². The molecule has 148 valence electrons. The number of hydrogen-bond acceptors (Lipinski definition) is 6. The van der Waals surface area contributed by atoms with Gasteiger partial charge < -0.3 is 9.47 Å². The van der Waals surface area contributed by atoms with E-state index in [-0.39, 0.29) is 34.3 Å². The second-order valence-electron chi connectivity index (χ2n) is 6.35. The fourth-order valence-corrected chi connectivity index (χ4v) is 3.06. The fraction of sp³-hybridized carbons (Fsp3) is 0. The molecular weight excluding hydrogens is 410 g/mol. The van der Waals surface area contributed by atoms with Gasteiger partial charge >= 0.3 is 5.97 Å². The van der Waals surface area contributed by atoms with Crippen molar-refractivity contribution in [2.24, 2.45) is 0 Å². The summed E-state index contributed by atoms with van der Waals surface area (Å²) in [5.74, 6) is -0.413. The van der Waals surface area contributed by atoms with E-state index in [2.05, 4.69) is 0 Å². The Balaban J connectivity index is 1.52. The molecule has 0 aliphatic carbocycles.